The van der Waals surface area contributed by atoms with Crippen molar-refractivity contribution in [3.8, 4) is 0 Å². The van der Waals surface area contributed by atoms with Gasteiger partial charge in [-0.25, -0.2) is 13.8 Å². The van der Waals surface area contributed by atoms with Crippen LogP contribution in [0.5, 0.6) is 0 Å². The van der Waals surface area contributed by atoms with E-state index in [4.69, 9.17) is 0 Å². The highest BCUT2D eigenvalue weighted by atomic mass is 19.1. The lowest BCUT2D eigenvalue weighted by molar-refractivity contribution is 0.576. The van der Waals surface area contributed by atoms with Gasteiger partial charge in [-0.2, -0.15) is 0 Å². The lowest BCUT2D eigenvalue weighted by Crippen LogP contribution is -2.08. The molecule has 0 radical (unpaired) electrons. The number of rotatable bonds is 5. The molecule has 0 amide bonds. The van der Waals surface area contributed by atoms with E-state index in [2.05, 4.69) is 10.3 Å². The van der Waals surface area contributed by atoms with Crippen LogP contribution < -0.4 is 5.32 Å². The fourth-order valence-corrected chi connectivity index (χ4v) is 2.02. The zero-order valence-electron chi connectivity index (χ0n) is 11.1. The van der Waals surface area contributed by atoms with Crippen molar-refractivity contribution in [3.05, 3.63) is 47.3 Å². The zero-order chi connectivity index (χ0) is 13.8. The Hall–Kier alpha value is -1.91. The number of hydrogen-bond donors (Lipinski definition) is 1. The van der Waals surface area contributed by atoms with Crippen molar-refractivity contribution < 1.29 is 8.78 Å². The summed E-state index contributed by atoms with van der Waals surface area (Å²) in [6, 6.07) is 3.61. The SMILES string of the molecule is CCNc1nc(C)cn1CCc1cc(F)cc(F)c1. The van der Waals surface area contributed by atoms with Gasteiger partial charge < -0.3 is 9.88 Å². The molecule has 5 heteroatoms. The third-order valence-electron chi connectivity index (χ3n) is 2.80. The van der Waals surface area contributed by atoms with Crippen LogP contribution in [0.1, 0.15) is 18.2 Å². The van der Waals surface area contributed by atoms with Crippen molar-refractivity contribution in [1.29, 1.82) is 0 Å². The van der Waals surface area contributed by atoms with Gasteiger partial charge in [0.05, 0.1) is 5.69 Å². The predicted octanol–water partition coefficient (Wildman–Crippen LogP) is 3.14. The number of nitrogens with zero attached hydrogens (tertiary/aromatic N) is 2. The summed E-state index contributed by atoms with van der Waals surface area (Å²) in [7, 11) is 0. The third-order valence-corrected chi connectivity index (χ3v) is 2.80. The van der Waals surface area contributed by atoms with Gasteiger partial charge in [0.1, 0.15) is 11.6 Å². The van der Waals surface area contributed by atoms with Gasteiger partial charge in [0.2, 0.25) is 5.95 Å². The van der Waals surface area contributed by atoms with Crippen LogP contribution in [0, 0.1) is 18.6 Å². The maximum Gasteiger partial charge on any atom is 0.203 e. The van der Waals surface area contributed by atoms with Crippen molar-refractivity contribution in [1.82, 2.24) is 9.55 Å². The van der Waals surface area contributed by atoms with Crippen molar-refractivity contribution >= 4 is 5.95 Å². The Morgan fingerprint density at radius 1 is 1.21 bits per heavy atom. The first-order chi connectivity index (χ1) is 9.08. The Bertz CT molecular complexity index is 544. The monoisotopic (exact) mass is 265 g/mol. The molecular formula is C14H17F2N3. The van der Waals surface area contributed by atoms with Gasteiger partial charge in [0, 0.05) is 25.4 Å². The lowest BCUT2D eigenvalue weighted by Gasteiger charge is -2.08. The van der Waals surface area contributed by atoms with Crippen LogP contribution in [0.15, 0.2) is 24.4 Å². The summed E-state index contributed by atoms with van der Waals surface area (Å²) in [6.07, 6.45) is 2.48. The summed E-state index contributed by atoms with van der Waals surface area (Å²) in [5.74, 6) is -0.288. The summed E-state index contributed by atoms with van der Waals surface area (Å²) >= 11 is 0. The number of aromatic nitrogens is 2. The number of halogens is 2. The second kappa shape index (κ2) is 5.82. The molecule has 0 saturated heterocycles. The molecule has 19 heavy (non-hydrogen) atoms. The number of benzene rings is 1. The lowest BCUT2D eigenvalue weighted by atomic mass is 10.1. The van der Waals surface area contributed by atoms with E-state index in [1.165, 1.54) is 12.1 Å². The average molecular weight is 265 g/mol. The van der Waals surface area contributed by atoms with Gasteiger partial charge in [0.25, 0.3) is 0 Å². The van der Waals surface area contributed by atoms with Crippen molar-refractivity contribution in [2.75, 3.05) is 11.9 Å². The smallest absolute Gasteiger partial charge is 0.203 e. The quantitative estimate of drug-likeness (QED) is 0.900. The van der Waals surface area contributed by atoms with E-state index in [0.717, 1.165) is 24.3 Å². The Labute approximate surface area is 111 Å². The largest absolute Gasteiger partial charge is 0.356 e. The van der Waals surface area contributed by atoms with Gasteiger partial charge in [-0.15, -0.1) is 0 Å². The summed E-state index contributed by atoms with van der Waals surface area (Å²) < 4.78 is 28.1. The molecule has 0 fully saturated rings. The predicted molar refractivity (Wildman–Crippen MR) is 71.2 cm³/mol. The molecule has 0 unspecified atom stereocenters. The van der Waals surface area contributed by atoms with Crippen LogP contribution in [-0.2, 0) is 13.0 Å². The van der Waals surface area contributed by atoms with Crippen molar-refractivity contribution in [3.63, 3.8) is 0 Å². The maximum atomic E-state index is 13.1. The number of nitrogens with one attached hydrogen (secondary N) is 1. The molecular weight excluding hydrogens is 248 g/mol. The number of anilines is 1. The Morgan fingerprint density at radius 2 is 1.89 bits per heavy atom. The van der Waals surface area contributed by atoms with Crippen molar-refractivity contribution in [2.24, 2.45) is 0 Å². The average Bonchev–Trinajstić information content (AvgIpc) is 2.66. The highest BCUT2D eigenvalue weighted by Gasteiger charge is 2.06. The molecule has 2 rings (SSSR count). The van der Waals surface area contributed by atoms with Gasteiger partial charge in [-0.3, -0.25) is 0 Å². The minimum absolute atomic E-state index is 0.538. The van der Waals surface area contributed by atoms with E-state index in [-0.39, 0.29) is 0 Å². The third kappa shape index (κ3) is 3.53. The first kappa shape index (κ1) is 13.5. The first-order valence-electron chi connectivity index (χ1n) is 6.31. The van der Waals surface area contributed by atoms with E-state index >= 15 is 0 Å². The molecule has 1 aromatic heterocycles. The minimum Gasteiger partial charge on any atom is -0.356 e. The zero-order valence-corrected chi connectivity index (χ0v) is 11.1. The first-order valence-corrected chi connectivity index (χ1v) is 6.31. The normalized spacial score (nSPS) is 10.7. The summed E-state index contributed by atoms with van der Waals surface area (Å²) in [6.45, 7) is 5.33. The van der Waals surface area contributed by atoms with Crippen LogP contribution in [0.3, 0.4) is 0 Å². The standard InChI is InChI=1S/C14H17F2N3/c1-3-17-14-18-10(2)9-19(14)5-4-11-6-12(15)8-13(16)7-11/h6-9H,3-5H2,1-2H3,(H,17,18). The second-order valence-electron chi connectivity index (χ2n) is 4.46. The topological polar surface area (TPSA) is 29.9 Å². The molecule has 0 bridgehead atoms. The molecule has 0 spiro atoms. The molecule has 0 aliphatic rings. The molecule has 2 aromatic rings. The van der Waals surface area contributed by atoms with Crippen LogP contribution in [-0.4, -0.2) is 16.1 Å². The molecule has 0 aliphatic carbocycles. The Morgan fingerprint density at radius 3 is 2.53 bits per heavy atom. The van der Waals surface area contributed by atoms with E-state index in [1.54, 1.807) is 0 Å². The fourth-order valence-electron chi connectivity index (χ4n) is 2.02. The summed E-state index contributed by atoms with van der Waals surface area (Å²) in [5, 5.41) is 3.16. The van der Waals surface area contributed by atoms with E-state index in [0.29, 0.717) is 18.5 Å². The molecule has 3 nitrogen and oxygen atoms in total. The Kier molecular flexibility index (Phi) is 4.14. The Balaban J connectivity index is 2.09. The van der Waals surface area contributed by atoms with Crippen LogP contribution in [0.2, 0.25) is 0 Å². The molecule has 1 heterocycles. The van der Waals surface area contributed by atoms with Gasteiger partial charge in [-0.05, 0) is 38.0 Å². The molecule has 0 atom stereocenters. The van der Waals surface area contributed by atoms with E-state index in [9.17, 15) is 8.78 Å². The highest BCUT2D eigenvalue weighted by Crippen LogP contribution is 2.12. The second-order valence-corrected chi connectivity index (χ2v) is 4.46. The number of hydrogen-bond acceptors (Lipinski definition) is 2. The van der Waals surface area contributed by atoms with Crippen LogP contribution >= 0.6 is 0 Å². The summed E-state index contributed by atoms with van der Waals surface area (Å²) in [4.78, 5) is 4.35. The molecule has 0 saturated carbocycles. The molecule has 1 aromatic carbocycles. The van der Waals surface area contributed by atoms with Crippen molar-refractivity contribution in [2.45, 2.75) is 26.8 Å². The van der Waals surface area contributed by atoms with Crippen LogP contribution in [0.25, 0.3) is 0 Å². The highest BCUT2D eigenvalue weighted by molar-refractivity contribution is 5.28. The number of aryl methyl sites for hydroxylation is 3. The number of imidazole rings is 1. The van der Waals surface area contributed by atoms with E-state index < -0.39 is 11.6 Å². The van der Waals surface area contributed by atoms with Gasteiger partial charge in [-0.1, -0.05) is 0 Å². The molecule has 0 aliphatic heterocycles. The fraction of sp³-hybridized carbons (Fsp3) is 0.357. The minimum atomic E-state index is -0.538. The van der Waals surface area contributed by atoms with Gasteiger partial charge >= 0.3 is 0 Å². The van der Waals surface area contributed by atoms with E-state index in [1.807, 2.05) is 24.6 Å². The van der Waals surface area contributed by atoms with Gasteiger partial charge in [0.15, 0.2) is 0 Å². The molecule has 1 N–H and O–H groups in total. The van der Waals surface area contributed by atoms with Crippen LogP contribution in [0.4, 0.5) is 14.7 Å². The maximum absolute atomic E-state index is 13.1. The molecule has 102 valence electrons. The summed E-state index contributed by atoms with van der Waals surface area (Å²) in [5.41, 5.74) is 1.56.